The normalized spacial score (nSPS) is 11.2. The number of hydrogen-bond donors (Lipinski definition) is 3. The average Bonchev–Trinajstić information content (AvgIpc) is 3.43. The molecule has 206 valence electrons. The minimum Gasteiger partial charge on any atom is -0.506 e. The third-order valence-electron chi connectivity index (χ3n) is 6.79. The summed E-state index contributed by atoms with van der Waals surface area (Å²) in [7, 11) is 0. The molecule has 0 atom stereocenters. The lowest BCUT2D eigenvalue weighted by Gasteiger charge is -2.16. The zero-order chi connectivity index (χ0) is 27.5. The van der Waals surface area contributed by atoms with Crippen molar-refractivity contribution in [3.63, 3.8) is 0 Å². The lowest BCUT2D eigenvalue weighted by Crippen LogP contribution is -2.25. The Morgan fingerprint density at radius 1 is 0.821 bits per heavy atom. The van der Waals surface area contributed by atoms with Crippen LogP contribution in [-0.2, 0) is 0 Å². The smallest absolute Gasteiger partial charge is 0.256 e. The molecule has 0 saturated carbocycles. The van der Waals surface area contributed by atoms with Crippen LogP contribution in [0, 0.1) is 0 Å². The number of aromatic hydroxyl groups is 2. The van der Waals surface area contributed by atoms with Crippen LogP contribution in [0.25, 0.3) is 16.5 Å². The van der Waals surface area contributed by atoms with E-state index in [1.807, 2.05) is 30.3 Å². The second-order valence-corrected chi connectivity index (χ2v) is 10.7. The summed E-state index contributed by atoms with van der Waals surface area (Å²) in [6.07, 6.45) is 12.1. The molecule has 39 heavy (non-hydrogen) atoms. The van der Waals surface area contributed by atoms with Crippen molar-refractivity contribution in [3.05, 3.63) is 60.2 Å². The Labute approximate surface area is 233 Å². The molecule has 8 nitrogen and oxygen atoms in total. The van der Waals surface area contributed by atoms with E-state index in [0.717, 1.165) is 36.7 Å². The molecular formula is C30H37N5O3S. The molecule has 3 aromatic carbocycles. The van der Waals surface area contributed by atoms with Crippen molar-refractivity contribution in [3.8, 4) is 17.2 Å². The molecule has 0 radical (unpaired) electrons. The molecule has 0 aliphatic carbocycles. The van der Waals surface area contributed by atoms with E-state index in [2.05, 4.69) is 27.8 Å². The predicted octanol–water partition coefficient (Wildman–Crippen LogP) is 7.03. The summed E-state index contributed by atoms with van der Waals surface area (Å²) in [6, 6.07) is 16.3. The molecule has 1 amide bonds. The van der Waals surface area contributed by atoms with Crippen LogP contribution in [0.4, 0.5) is 0 Å². The van der Waals surface area contributed by atoms with Crippen molar-refractivity contribution in [1.29, 1.82) is 0 Å². The molecule has 0 saturated heterocycles. The van der Waals surface area contributed by atoms with Crippen LogP contribution in [0.5, 0.6) is 11.5 Å². The number of unbranched alkanes of at least 4 members (excludes halogenated alkanes) is 9. The number of hydrogen-bond acceptors (Lipinski definition) is 7. The van der Waals surface area contributed by atoms with Crippen molar-refractivity contribution in [1.82, 2.24) is 25.5 Å². The monoisotopic (exact) mass is 547 g/mol. The standard InChI is InChI=1S/C30H37N5O3S/c1-2-3-4-5-6-7-8-9-10-16-21-31-29(38)25-26(36)23-19-14-15-20-24(23)27(37)28(25)39-30-32-33-34-35(30)22-17-12-11-13-18-22/h11-15,17-20,36-37H,2-10,16,21H2,1H3,(H,31,38). The number of para-hydroxylation sites is 1. The maximum atomic E-state index is 13.4. The first-order valence-electron chi connectivity index (χ1n) is 13.9. The van der Waals surface area contributed by atoms with E-state index in [0.29, 0.717) is 22.5 Å². The van der Waals surface area contributed by atoms with E-state index >= 15 is 0 Å². The van der Waals surface area contributed by atoms with E-state index < -0.39 is 5.91 Å². The fourth-order valence-electron chi connectivity index (χ4n) is 4.66. The summed E-state index contributed by atoms with van der Waals surface area (Å²) in [4.78, 5) is 13.6. The largest absolute Gasteiger partial charge is 0.506 e. The number of phenolic OH excluding ortho intramolecular Hbond substituents is 2. The predicted molar refractivity (Wildman–Crippen MR) is 155 cm³/mol. The van der Waals surface area contributed by atoms with Gasteiger partial charge < -0.3 is 15.5 Å². The number of rotatable bonds is 15. The number of carbonyl (C=O) groups excluding carboxylic acids is 1. The molecule has 9 heteroatoms. The first kappa shape index (κ1) is 28.4. The summed E-state index contributed by atoms with van der Waals surface area (Å²) in [5.41, 5.74) is 0.757. The van der Waals surface area contributed by atoms with Crippen molar-refractivity contribution in [2.24, 2.45) is 0 Å². The number of tetrazole rings is 1. The number of nitrogens with zero attached hydrogens (tertiary/aromatic N) is 4. The molecule has 0 bridgehead atoms. The van der Waals surface area contributed by atoms with Gasteiger partial charge in [0.25, 0.3) is 5.91 Å². The summed E-state index contributed by atoms with van der Waals surface area (Å²) in [5.74, 6) is -0.712. The molecule has 4 aromatic rings. The Balaban J connectivity index is 1.45. The number of aromatic nitrogens is 4. The second kappa shape index (κ2) is 14.5. The number of fused-ring (bicyclic) bond motifs is 1. The van der Waals surface area contributed by atoms with Crippen molar-refractivity contribution in [2.45, 2.75) is 81.2 Å². The third-order valence-corrected chi connectivity index (χ3v) is 7.83. The zero-order valence-electron chi connectivity index (χ0n) is 22.5. The van der Waals surface area contributed by atoms with Crippen LogP contribution < -0.4 is 5.32 Å². The lowest BCUT2D eigenvalue weighted by molar-refractivity contribution is 0.0946. The van der Waals surface area contributed by atoms with Gasteiger partial charge in [-0.1, -0.05) is 107 Å². The van der Waals surface area contributed by atoms with Gasteiger partial charge in [-0.3, -0.25) is 4.79 Å². The summed E-state index contributed by atoms with van der Waals surface area (Å²) < 4.78 is 1.53. The number of amides is 1. The summed E-state index contributed by atoms with van der Waals surface area (Å²) in [6.45, 7) is 2.73. The maximum absolute atomic E-state index is 13.4. The molecule has 3 N–H and O–H groups in total. The highest BCUT2D eigenvalue weighted by molar-refractivity contribution is 7.99. The van der Waals surface area contributed by atoms with Gasteiger partial charge in [-0.15, -0.1) is 5.10 Å². The number of nitrogens with one attached hydrogen (secondary N) is 1. The van der Waals surface area contributed by atoms with Crippen LogP contribution in [0.15, 0.2) is 64.6 Å². The summed E-state index contributed by atoms with van der Waals surface area (Å²) in [5, 5.41) is 38.5. The Morgan fingerprint density at radius 2 is 1.41 bits per heavy atom. The van der Waals surface area contributed by atoms with E-state index in [9.17, 15) is 15.0 Å². The fraction of sp³-hybridized carbons (Fsp3) is 0.400. The molecule has 0 spiro atoms. The van der Waals surface area contributed by atoms with Gasteiger partial charge in [0.2, 0.25) is 5.16 Å². The molecule has 0 fully saturated rings. The highest BCUT2D eigenvalue weighted by Gasteiger charge is 2.26. The van der Waals surface area contributed by atoms with Gasteiger partial charge >= 0.3 is 0 Å². The zero-order valence-corrected chi connectivity index (χ0v) is 23.3. The highest BCUT2D eigenvalue weighted by atomic mass is 32.2. The van der Waals surface area contributed by atoms with E-state index in [4.69, 9.17) is 0 Å². The first-order chi connectivity index (χ1) is 19.1. The molecule has 1 heterocycles. The number of carbonyl (C=O) groups is 1. The Hall–Kier alpha value is -3.59. The highest BCUT2D eigenvalue weighted by Crippen LogP contribution is 2.46. The fourth-order valence-corrected chi connectivity index (χ4v) is 5.64. The van der Waals surface area contributed by atoms with E-state index in [-0.39, 0.29) is 22.0 Å². The molecule has 1 aromatic heterocycles. The molecular weight excluding hydrogens is 510 g/mol. The van der Waals surface area contributed by atoms with Crippen LogP contribution in [0.3, 0.4) is 0 Å². The minimum atomic E-state index is -0.439. The number of benzene rings is 3. The summed E-state index contributed by atoms with van der Waals surface area (Å²) >= 11 is 1.04. The van der Waals surface area contributed by atoms with Gasteiger partial charge in [-0.05, 0) is 40.7 Å². The van der Waals surface area contributed by atoms with Crippen LogP contribution in [0.2, 0.25) is 0 Å². The molecule has 0 aliphatic heterocycles. The average molecular weight is 548 g/mol. The van der Waals surface area contributed by atoms with E-state index in [1.54, 1.807) is 24.3 Å². The molecule has 0 aliphatic rings. The second-order valence-electron chi connectivity index (χ2n) is 9.70. The van der Waals surface area contributed by atoms with E-state index in [1.165, 1.54) is 49.6 Å². The van der Waals surface area contributed by atoms with Gasteiger partial charge in [0.05, 0.1) is 16.1 Å². The first-order valence-corrected chi connectivity index (χ1v) is 14.7. The van der Waals surface area contributed by atoms with Crippen molar-refractivity contribution in [2.75, 3.05) is 6.54 Å². The molecule has 0 unspecified atom stereocenters. The van der Waals surface area contributed by atoms with Gasteiger partial charge in [0, 0.05) is 17.3 Å². The SMILES string of the molecule is CCCCCCCCCCCCNC(=O)c1c(Sc2nnnn2-c2ccccc2)c(O)c2ccccc2c1O. The third kappa shape index (κ3) is 7.29. The minimum absolute atomic E-state index is 0.0193. The Kier molecular flexibility index (Phi) is 10.6. The van der Waals surface area contributed by atoms with Gasteiger partial charge in [-0.25, -0.2) is 0 Å². The van der Waals surface area contributed by atoms with Crippen molar-refractivity contribution >= 4 is 28.4 Å². The quantitative estimate of drug-likeness (QED) is 0.108. The maximum Gasteiger partial charge on any atom is 0.256 e. The van der Waals surface area contributed by atoms with Gasteiger partial charge in [0.1, 0.15) is 11.5 Å². The Bertz CT molecular complexity index is 1360. The van der Waals surface area contributed by atoms with Crippen LogP contribution in [-0.4, -0.2) is 42.9 Å². The Morgan fingerprint density at radius 3 is 2.08 bits per heavy atom. The van der Waals surface area contributed by atoms with Gasteiger partial charge in [0.15, 0.2) is 0 Å². The van der Waals surface area contributed by atoms with Crippen molar-refractivity contribution < 1.29 is 15.0 Å². The number of phenols is 2. The topological polar surface area (TPSA) is 113 Å². The van der Waals surface area contributed by atoms with Gasteiger partial charge in [-0.2, -0.15) is 4.68 Å². The molecule has 4 rings (SSSR count). The van der Waals surface area contributed by atoms with Crippen LogP contribution >= 0.6 is 11.8 Å². The lowest BCUT2D eigenvalue weighted by atomic mass is 10.0. The van der Waals surface area contributed by atoms with Crippen LogP contribution in [0.1, 0.15) is 81.5 Å².